The fourth-order valence-corrected chi connectivity index (χ4v) is 5.82. The molecule has 2 aromatic rings. The molecule has 8 heteroatoms. The van der Waals surface area contributed by atoms with Crippen molar-refractivity contribution in [1.29, 1.82) is 0 Å². The molecule has 6 nitrogen and oxygen atoms in total. The number of guanidine groups is 1. The van der Waals surface area contributed by atoms with Gasteiger partial charge in [0, 0.05) is 31.6 Å². The lowest BCUT2D eigenvalue weighted by atomic mass is 10.1. The van der Waals surface area contributed by atoms with Crippen LogP contribution in [0.25, 0.3) is 0 Å². The molecule has 0 aliphatic heterocycles. The van der Waals surface area contributed by atoms with E-state index in [9.17, 15) is 8.42 Å². The van der Waals surface area contributed by atoms with E-state index in [4.69, 9.17) is 0 Å². The highest BCUT2D eigenvalue weighted by molar-refractivity contribution is 7.91. The number of nitrogens with zero attached hydrogens (tertiary/aromatic N) is 2. The van der Waals surface area contributed by atoms with Crippen LogP contribution in [-0.2, 0) is 16.4 Å². The van der Waals surface area contributed by atoms with E-state index in [0.29, 0.717) is 23.8 Å². The van der Waals surface area contributed by atoms with Crippen molar-refractivity contribution < 1.29 is 8.42 Å². The summed E-state index contributed by atoms with van der Waals surface area (Å²) in [5.74, 6) is 0.726. The van der Waals surface area contributed by atoms with Crippen LogP contribution in [0, 0.1) is 0 Å². The average Bonchev–Trinajstić information content (AvgIpc) is 3.18. The molecule has 0 bridgehead atoms. The largest absolute Gasteiger partial charge is 0.356 e. The van der Waals surface area contributed by atoms with Gasteiger partial charge in [-0.25, -0.2) is 8.42 Å². The Kier molecular flexibility index (Phi) is 8.47. The maximum Gasteiger partial charge on any atom is 0.252 e. The minimum Gasteiger partial charge on any atom is -0.356 e. The van der Waals surface area contributed by atoms with Gasteiger partial charge in [-0.1, -0.05) is 44.2 Å². The van der Waals surface area contributed by atoms with Crippen molar-refractivity contribution in [2.24, 2.45) is 4.99 Å². The van der Waals surface area contributed by atoms with Crippen LogP contribution in [-0.4, -0.2) is 45.4 Å². The summed E-state index contributed by atoms with van der Waals surface area (Å²) in [5.41, 5.74) is 1.19. The van der Waals surface area contributed by atoms with Gasteiger partial charge in [0.1, 0.15) is 4.21 Å². The van der Waals surface area contributed by atoms with Gasteiger partial charge in [0.25, 0.3) is 10.0 Å². The fraction of sp³-hybridized carbons (Fsp3) is 0.450. The molecule has 0 spiro atoms. The van der Waals surface area contributed by atoms with Crippen molar-refractivity contribution in [3.8, 4) is 0 Å². The third-order valence-electron chi connectivity index (χ3n) is 4.48. The Labute approximate surface area is 172 Å². The molecule has 2 rings (SSSR count). The van der Waals surface area contributed by atoms with Crippen molar-refractivity contribution in [2.45, 2.75) is 37.4 Å². The number of thiophene rings is 1. The number of hydrogen-bond donors (Lipinski definition) is 2. The van der Waals surface area contributed by atoms with Crippen LogP contribution in [0.3, 0.4) is 0 Å². The standard InChI is InChI=1S/C20H30N4O2S2/c1-5-24(6-2)28(25,26)19-13-12-18(27-19)14-15-22-20(21-4)23-16(3)17-10-8-7-9-11-17/h7-13,16H,5-6,14-15H2,1-4H3,(H2,21,22,23). The number of aliphatic imine (C=N–C) groups is 1. The van der Waals surface area contributed by atoms with Gasteiger partial charge in [-0.05, 0) is 31.0 Å². The van der Waals surface area contributed by atoms with Gasteiger partial charge < -0.3 is 10.6 Å². The molecule has 0 radical (unpaired) electrons. The highest BCUT2D eigenvalue weighted by Crippen LogP contribution is 2.25. The normalized spacial score (nSPS) is 13.5. The molecular weight excluding hydrogens is 392 g/mol. The fourth-order valence-electron chi connectivity index (χ4n) is 2.85. The predicted octanol–water partition coefficient (Wildman–Crippen LogP) is 3.25. The Balaban J connectivity index is 1.90. The lowest BCUT2D eigenvalue weighted by molar-refractivity contribution is 0.447. The number of benzene rings is 1. The maximum absolute atomic E-state index is 12.6. The highest BCUT2D eigenvalue weighted by Gasteiger charge is 2.23. The van der Waals surface area contributed by atoms with Crippen LogP contribution < -0.4 is 10.6 Å². The molecule has 0 amide bonds. The second-order valence-corrected chi connectivity index (χ2v) is 9.67. The smallest absolute Gasteiger partial charge is 0.252 e. The third kappa shape index (κ3) is 5.80. The van der Waals surface area contributed by atoms with Crippen LogP contribution in [0.5, 0.6) is 0 Å². The van der Waals surface area contributed by atoms with Crippen molar-refractivity contribution in [3.05, 3.63) is 52.9 Å². The van der Waals surface area contributed by atoms with Gasteiger partial charge in [0.15, 0.2) is 5.96 Å². The molecule has 154 valence electrons. The third-order valence-corrected chi connectivity index (χ3v) is 8.14. The molecule has 0 fully saturated rings. The molecule has 2 N–H and O–H groups in total. The van der Waals surface area contributed by atoms with Gasteiger partial charge in [0.05, 0.1) is 6.04 Å². The first-order valence-corrected chi connectivity index (χ1v) is 11.8. The average molecular weight is 423 g/mol. The van der Waals surface area contributed by atoms with Crippen molar-refractivity contribution in [1.82, 2.24) is 14.9 Å². The molecule has 1 unspecified atom stereocenters. The van der Waals surface area contributed by atoms with Crippen molar-refractivity contribution >= 4 is 27.3 Å². The zero-order valence-corrected chi connectivity index (χ0v) is 18.6. The van der Waals surface area contributed by atoms with Crippen LogP contribution in [0.4, 0.5) is 0 Å². The molecule has 0 saturated carbocycles. The Morgan fingerprint density at radius 3 is 2.43 bits per heavy atom. The molecule has 1 aromatic heterocycles. The zero-order chi connectivity index (χ0) is 20.6. The number of nitrogens with one attached hydrogen (secondary N) is 2. The summed E-state index contributed by atoms with van der Waals surface area (Å²) in [6, 6.07) is 13.9. The first kappa shape index (κ1) is 22.4. The molecular formula is C20H30N4O2S2. The van der Waals surface area contributed by atoms with Crippen LogP contribution >= 0.6 is 11.3 Å². The first-order valence-electron chi connectivity index (χ1n) is 9.53. The molecule has 1 heterocycles. The molecule has 1 atom stereocenters. The van der Waals surface area contributed by atoms with Crippen LogP contribution in [0.1, 0.15) is 37.3 Å². The van der Waals surface area contributed by atoms with E-state index in [-0.39, 0.29) is 6.04 Å². The van der Waals surface area contributed by atoms with Gasteiger partial charge in [-0.3, -0.25) is 4.99 Å². The van der Waals surface area contributed by atoms with E-state index in [1.54, 1.807) is 13.1 Å². The molecule has 0 aliphatic carbocycles. The highest BCUT2D eigenvalue weighted by atomic mass is 32.2. The summed E-state index contributed by atoms with van der Waals surface area (Å²) in [4.78, 5) is 5.30. The van der Waals surface area contributed by atoms with Crippen LogP contribution in [0.15, 0.2) is 51.7 Å². The lowest BCUT2D eigenvalue weighted by Crippen LogP contribution is -2.39. The second kappa shape index (κ2) is 10.6. The van der Waals surface area contributed by atoms with Crippen LogP contribution in [0.2, 0.25) is 0 Å². The number of hydrogen-bond acceptors (Lipinski definition) is 4. The van der Waals surface area contributed by atoms with Gasteiger partial charge in [-0.15, -0.1) is 11.3 Å². The van der Waals surface area contributed by atoms with E-state index >= 15 is 0 Å². The maximum atomic E-state index is 12.6. The van der Waals surface area contributed by atoms with Crippen molar-refractivity contribution in [2.75, 3.05) is 26.7 Å². The van der Waals surface area contributed by atoms with E-state index < -0.39 is 10.0 Å². The summed E-state index contributed by atoms with van der Waals surface area (Å²) in [6.45, 7) is 7.44. The number of rotatable bonds is 9. The summed E-state index contributed by atoms with van der Waals surface area (Å²) >= 11 is 1.34. The summed E-state index contributed by atoms with van der Waals surface area (Å²) in [6.07, 6.45) is 0.735. The Morgan fingerprint density at radius 1 is 1.14 bits per heavy atom. The van der Waals surface area contributed by atoms with E-state index in [2.05, 4.69) is 34.7 Å². The Hall–Kier alpha value is -1.90. The summed E-state index contributed by atoms with van der Waals surface area (Å²) < 4.78 is 27.1. The predicted molar refractivity (Wildman–Crippen MR) is 117 cm³/mol. The Morgan fingerprint density at radius 2 is 1.82 bits per heavy atom. The SMILES string of the molecule is CCN(CC)S(=O)(=O)c1ccc(CCNC(=NC)NC(C)c2ccccc2)s1. The summed E-state index contributed by atoms with van der Waals surface area (Å²) in [5, 5.41) is 6.67. The lowest BCUT2D eigenvalue weighted by Gasteiger charge is -2.18. The Bertz CT molecular complexity index is 859. The molecule has 0 saturated heterocycles. The quantitative estimate of drug-likeness (QED) is 0.481. The minimum absolute atomic E-state index is 0.139. The molecule has 28 heavy (non-hydrogen) atoms. The van der Waals surface area contributed by atoms with Gasteiger partial charge in [0.2, 0.25) is 0 Å². The minimum atomic E-state index is -3.38. The number of sulfonamides is 1. The zero-order valence-electron chi connectivity index (χ0n) is 17.0. The van der Waals surface area contributed by atoms with Crippen molar-refractivity contribution in [3.63, 3.8) is 0 Å². The topological polar surface area (TPSA) is 73.8 Å². The summed E-state index contributed by atoms with van der Waals surface area (Å²) in [7, 11) is -1.63. The van der Waals surface area contributed by atoms with Gasteiger partial charge in [-0.2, -0.15) is 4.31 Å². The van der Waals surface area contributed by atoms with Gasteiger partial charge >= 0.3 is 0 Å². The molecule has 0 aliphatic rings. The van der Waals surface area contributed by atoms with E-state index in [1.165, 1.54) is 21.2 Å². The first-order chi connectivity index (χ1) is 13.4. The van der Waals surface area contributed by atoms with E-state index in [0.717, 1.165) is 17.3 Å². The second-order valence-electron chi connectivity index (χ2n) is 6.34. The molecule has 1 aromatic carbocycles. The monoisotopic (exact) mass is 422 g/mol. The van der Waals surface area contributed by atoms with E-state index in [1.807, 2.05) is 38.1 Å².